The van der Waals surface area contributed by atoms with E-state index in [1.54, 1.807) is 17.9 Å². The van der Waals surface area contributed by atoms with Gasteiger partial charge in [-0.1, -0.05) is 23.8 Å². The molecule has 1 heterocycles. The number of carbonyl (C=O) groups is 1. The molecule has 1 saturated heterocycles. The van der Waals surface area contributed by atoms with Crippen LogP contribution in [0.15, 0.2) is 42.5 Å². The molecule has 4 nitrogen and oxygen atoms in total. The molecule has 1 fully saturated rings. The number of piperazine rings is 1. The van der Waals surface area contributed by atoms with Gasteiger partial charge in [0.25, 0.3) is 5.91 Å². The zero-order chi connectivity index (χ0) is 21.2. The standard InChI is InChI=1S/C22H25F3N2O2/c1-15-7-8-20(16(2)13-15)29-17(3)21(28)27-11-9-26(10-12-27)19-6-4-5-18(14-19)22(23,24)25/h4-8,13-14,17H,9-12H2,1-3H3/t17-/m0/s1. The molecule has 3 rings (SSSR count). The van der Waals surface area contributed by atoms with Crippen molar-refractivity contribution in [2.75, 3.05) is 31.1 Å². The minimum atomic E-state index is -4.37. The molecule has 0 N–H and O–H groups in total. The van der Waals surface area contributed by atoms with Crippen molar-refractivity contribution in [3.05, 3.63) is 59.2 Å². The Morgan fingerprint density at radius 2 is 1.72 bits per heavy atom. The fourth-order valence-electron chi connectivity index (χ4n) is 3.49. The highest BCUT2D eigenvalue weighted by Gasteiger charge is 2.31. The fraction of sp³-hybridized carbons (Fsp3) is 0.409. The predicted octanol–water partition coefficient (Wildman–Crippen LogP) is 4.44. The summed E-state index contributed by atoms with van der Waals surface area (Å²) in [6.45, 7) is 7.49. The van der Waals surface area contributed by atoms with E-state index in [9.17, 15) is 18.0 Å². The number of benzene rings is 2. The van der Waals surface area contributed by atoms with Crippen LogP contribution in [0, 0.1) is 13.8 Å². The summed E-state index contributed by atoms with van der Waals surface area (Å²) in [6, 6.07) is 11.1. The second-order valence-corrected chi connectivity index (χ2v) is 7.39. The van der Waals surface area contributed by atoms with Crippen LogP contribution in [-0.4, -0.2) is 43.1 Å². The van der Waals surface area contributed by atoms with Gasteiger partial charge in [-0.3, -0.25) is 4.79 Å². The van der Waals surface area contributed by atoms with Crippen molar-refractivity contribution in [3.8, 4) is 5.75 Å². The first-order valence-electron chi connectivity index (χ1n) is 9.60. The predicted molar refractivity (Wildman–Crippen MR) is 106 cm³/mol. The number of anilines is 1. The molecule has 0 saturated carbocycles. The molecule has 156 valence electrons. The molecule has 1 aliphatic heterocycles. The third-order valence-corrected chi connectivity index (χ3v) is 5.11. The highest BCUT2D eigenvalue weighted by molar-refractivity contribution is 5.81. The summed E-state index contributed by atoms with van der Waals surface area (Å²) in [4.78, 5) is 16.3. The summed E-state index contributed by atoms with van der Waals surface area (Å²) in [5, 5.41) is 0. The Balaban J connectivity index is 1.59. The maximum absolute atomic E-state index is 12.9. The number of alkyl halides is 3. The van der Waals surface area contributed by atoms with Crippen LogP contribution in [0.5, 0.6) is 5.75 Å². The fourth-order valence-corrected chi connectivity index (χ4v) is 3.49. The Kier molecular flexibility index (Phi) is 6.05. The average molecular weight is 406 g/mol. The summed E-state index contributed by atoms with van der Waals surface area (Å²) in [6.07, 6.45) is -4.99. The number of aryl methyl sites for hydroxylation is 2. The first kappa shape index (κ1) is 21.0. The number of hydrogen-bond donors (Lipinski definition) is 0. The van der Waals surface area contributed by atoms with E-state index in [4.69, 9.17) is 4.74 Å². The van der Waals surface area contributed by atoms with E-state index in [1.807, 2.05) is 36.9 Å². The summed E-state index contributed by atoms with van der Waals surface area (Å²) >= 11 is 0. The van der Waals surface area contributed by atoms with Gasteiger partial charge >= 0.3 is 6.18 Å². The monoisotopic (exact) mass is 406 g/mol. The Morgan fingerprint density at radius 1 is 1.03 bits per heavy atom. The van der Waals surface area contributed by atoms with E-state index in [1.165, 1.54) is 6.07 Å². The second kappa shape index (κ2) is 8.35. The molecule has 0 unspecified atom stereocenters. The first-order chi connectivity index (χ1) is 13.6. The van der Waals surface area contributed by atoms with Gasteiger partial charge in [-0.25, -0.2) is 0 Å². The molecule has 1 atom stereocenters. The molecule has 2 aromatic rings. The lowest BCUT2D eigenvalue weighted by Gasteiger charge is -2.37. The van der Waals surface area contributed by atoms with Crippen molar-refractivity contribution in [1.29, 1.82) is 0 Å². The van der Waals surface area contributed by atoms with Gasteiger partial charge in [0, 0.05) is 31.9 Å². The van der Waals surface area contributed by atoms with Crippen LogP contribution in [0.25, 0.3) is 0 Å². The van der Waals surface area contributed by atoms with E-state index < -0.39 is 17.8 Å². The average Bonchev–Trinajstić information content (AvgIpc) is 2.69. The molecule has 0 bridgehead atoms. The van der Waals surface area contributed by atoms with Gasteiger partial charge in [0.05, 0.1) is 5.56 Å². The molecule has 0 spiro atoms. The van der Waals surface area contributed by atoms with Gasteiger partial charge in [-0.2, -0.15) is 13.2 Å². The number of rotatable bonds is 4. The van der Waals surface area contributed by atoms with Gasteiger partial charge in [0.2, 0.25) is 0 Å². The summed E-state index contributed by atoms with van der Waals surface area (Å²) < 4.78 is 44.7. The molecule has 0 radical (unpaired) electrons. The maximum atomic E-state index is 12.9. The highest BCUT2D eigenvalue weighted by atomic mass is 19.4. The minimum absolute atomic E-state index is 0.117. The molecule has 0 aromatic heterocycles. The molecule has 1 aliphatic rings. The lowest BCUT2D eigenvalue weighted by molar-refractivity contribution is -0.138. The van der Waals surface area contributed by atoms with Crippen LogP contribution in [0.4, 0.5) is 18.9 Å². The Morgan fingerprint density at radius 3 is 2.34 bits per heavy atom. The SMILES string of the molecule is Cc1ccc(O[C@@H](C)C(=O)N2CCN(c3cccc(C(F)(F)F)c3)CC2)c(C)c1. The van der Waals surface area contributed by atoms with Crippen LogP contribution in [0.1, 0.15) is 23.6 Å². The lowest BCUT2D eigenvalue weighted by Crippen LogP contribution is -2.52. The molecule has 1 amide bonds. The maximum Gasteiger partial charge on any atom is 0.416 e. The summed E-state index contributed by atoms with van der Waals surface area (Å²) in [5.74, 6) is 0.563. The molecular formula is C22H25F3N2O2. The minimum Gasteiger partial charge on any atom is -0.481 e. The summed E-state index contributed by atoms with van der Waals surface area (Å²) in [7, 11) is 0. The molecule has 7 heteroatoms. The number of halogens is 3. The molecule has 29 heavy (non-hydrogen) atoms. The van der Waals surface area contributed by atoms with E-state index in [0.29, 0.717) is 37.6 Å². The smallest absolute Gasteiger partial charge is 0.416 e. The third-order valence-electron chi connectivity index (χ3n) is 5.11. The van der Waals surface area contributed by atoms with Crippen molar-refractivity contribution in [3.63, 3.8) is 0 Å². The van der Waals surface area contributed by atoms with Crippen molar-refractivity contribution < 1.29 is 22.7 Å². The van der Waals surface area contributed by atoms with Crippen LogP contribution in [-0.2, 0) is 11.0 Å². The lowest BCUT2D eigenvalue weighted by atomic mass is 10.1. The van der Waals surface area contributed by atoms with Gasteiger partial charge in [-0.15, -0.1) is 0 Å². The molecular weight excluding hydrogens is 381 g/mol. The van der Waals surface area contributed by atoms with Crippen LogP contribution in [0.2, 0.25) is 0 Å². The topological polar surface area (TPSA) is 32.8 Å². The number of hydrogen-bond acceptors (Lipinski definition) is 3. The Bertz CT molecular complexity index is 875. The highest BCUT2D eigenvalue weighted by Crippen LogP contribution is 2.32. The van der Waals surface area contributed by atoms with Crippen molar-refractivity contribution >= 4 is 11.6 Å². The zero-order valence-electron chi connectivity index (χ0n) is 16.8. The van der Waals surface area contributed by atoms with E-state index in [-0.39, 0.29) is 5.91 Å². The quantitative estimate of drug-likeness (QED) is 0.753. The van der Waals surface area contributed by atoms with Crippen LogP contribution < -0.4 is 9.64 Å². The van der Waals surface area contributed by atoms with Gasteiger partial charge in [0.1, 0.15) is 5.75 Å². The van der Waals surface area contributed by atoms with Crippen LogP contribution in [0.3, 0.4) is 0 Å². The second-order valence-electron chi connectivity index (χ2n) is 7.39. The third kappa shape index (κ3) is 5.02. The van der Waals surface area contributed by atoms with Crippen molar-refractivity contribution in [2.45, 2.75) is 33.1 Å². The normalized spacial score (nSPS) is 15.9. The number of nitrogens with zero attached hydrogens (tertiary/aromatic N) is 2. The number of carbonyl (C=O) groups excluding carboxylic acids is 1. The Labute approximate surface area is 168 Å². The Hall–Kier alpha value is -2.70. The van der Waals surface area contributed by atoms with Crippen molar-refractivity contribution in [2.24, 2.45) is 0 Å². The van der Waals surface area contributed by atoms with E-state index in [0.717, 1.165) is 23.3 Å². The molecule has 0 aliphatic carbocycles. The van der Waals surface area contributed by atoms with Gasteiger partial charge < -0.3 is 14.5 Å². The summed E-state index contributed by atoms with van der Waals surface area (Å²) in [5.41, 5.74) is 1.95. The zero-order valence-corrected chi connectivity index (χ0v) is 16.8. The van der Waals surface area contributed by atoms with Crippen LogP contribution >= 0.6 is 0 Å². The number of ether oxygens (including phenoxy) is 1. The van der Waals surface area contributed by atoms with E-state index >= 15 is 0 Å². The first-order valence-corrected chi connectivity index (χ1v) is 9.60. The van der Waals surface area contributed by atoms with E-state index in [2.05, 4.69) is 0 Å². The largest absolute Gasteiger partial charge is 0.481 e. The van der Waals surface area contributed by atoms with Crippen molar-refractivity contribution in [1.82, 2.24) is 4.90 Å². The molecule has 2 aromatic carbocycles. The van der Waals surface area contributed by atoms with Gasteiger partial charge in [-0.05, 0) is 50.6 Å². The van der Waals surface area contributed by atoms with Gasteiger partial charge in [0.15, 0.2) is 6.10 Å². The number of amides is 1.